The number of amides is 1. The Morgan fingerprint density at radius 2 is 1.89 bits per heavy atom. The second-order valence-electron chi connectivity index (χ2n) is 4.81. The van der Waals surface area contributed by atoms with Gasteiger partial charge in [0.05, 0.1) is 6.42 Å². The Morgan fingerprint density at radius 3 is 2.53 bits per heavy atom. The summed E-state index contributed by atoms with van der Waals surface area (Å²) in [4.78, 5) is 11.8. The average molecular weight is 297 g/mol. The van der Waals surface area contributed by atoms with Crippen LogP contribution in [-0.2, 0) is 11.2 Å². The number of hydrogen-bond acceptors (Lipinski definition) is 2. The van der Waals surface area contributed by atoms with Gasteiger partial charge in [0.1, 0.15) is 0 Å². The first-order chi connectivity index (χ1) is 9.13. The maximum Gasteiger partial charge on any atom is 0.230 e. The van der Waals surface area contributed by atoms with Crippen LogP contribution in [0.2, 0.25) is 5.02 Å². The lowest BCUT2D eigenvalue weighted by Crippen LogP contribution is -2.43. The van der Waals surface area contributed by atoms with Gasteiger partial charge in [-0.3, -0.25) is 4.79 Å². The predicted molar refractivity (Wildman–Crippen MR) is 81.3 cm³/mol. The Kier molecular flexibility index (Phi) is 5.16. The van der Waals surface area contributed by atoms with Crippen molar-refractivity contribution in [1.82, 2.24) is 10.6 Å². The molecule has 5 heteroatoms. The summed E-state index contributed by atoms with van der Waals surface area (Å²) in [5.74, 6) is -0.0992. The molecule has 0 spiro atoms. The highest BCUT2D eigenvalue weighted by Gasteiger charge is 2.16. The van der Waals surface area contributed by atoms with Gasteiger partial charge in [-0.05, 0) is 42.8 Å². The van der Waals surface area contributed by atoms with E-state index in [4.69, 9.17) is 23.8 Å². The molecule has 0 heterocycles. The van der Waals surface area contributed by atoms with Crippen LogP contribution in [0.4, 0.5) is 0 Å². The molecular formula is C14H17ClN2OS. The zero-order chi connectivity index (χ0) is 13.7. The second kappa shape index (κ2) is 6.87. The van der Waals surface area contributed by atoms with Crippen LogP contribution in [0.25, 0.3) is 0 Å². The summed E-state index contributed by atoms with van der Waals surface area (Å²) < 4.78 is 0. The molecule has 0 unspecified atom stereocenters. The molecule has 1 aliphatic rings. The van der Waals surface area contributed by atoms with E-state index in [9.17, 15) is 4.79 Å². The van der Waals surface area contributed by atoms with Crippen molar-refractivity contribution >= 4 is 34.8 Å². The molecule has 0 bridgehead atoms. The van der Waals surface area contributed by atoms with Gasteiger partial charge in [0.25, 0.3) is 0 Å². The number of rotatable bonds is 3. The van der Waals surface area contributed by atoms with Crippen molar-refractivity contribution in [3.05, 3.63) is 34.9 Å². The first kappa shape index (κ1) is 14.3. The second-order valence-corrected chi connectivity index (χ2v) is 5.65. The van der Waals surface area contributed by atoms with Crippen molar-refractivity contribution in [2.45, 2.75) is 38.1 Å². The Hall–Kier alpha value is -1.13. The third-order valence-corrected chi connectivity index (χ3v) is 3.69. The molecule has 3 nitrogen and oxygen atoms in total. The van der Waals surface area contributed by atoms with Crippen LogP contribution in [-0.4, -0.2) is 17.1 Å². The number of hydrogen-bond donors (Lipinski definition) is 2. The van der Waals surface area contributed by atoms with Crippen LogP contribution in [0.15, 0.2) is 24.3 Å². The number of thiocarbonyl (C=S) groups is 1. The Balaban J connectivity index is 1.77. The summed E-state index contributed by atoms with van der Waals surface area (Å²) in [7, 11) is 0. The van der Waals surface area contributed by atoms with E-state index in [1.807, 2.05) is 12.1 Å². The molecule has 1 fully saturated rings. The fourth-order valence-electron chi connectivity index (χ4n) is 2.25. The van der Waals surface area contributed by atoms with E-state index in [1.54, 1.807) is 12.1 Å². The fraction of sp³-hybridized carbons (Fsp3) is 0.429. The normalized spacial score (nSPS) is 15.2. The van der Waals surface area contributed by atoms with Gasteiger partial charge in [-0.15, -0.1) is 0 Å². The predicted octanol–water partition coefficient (Wildman–Crippen LogP) is 2.82. The minimum Gasteiger partial charge on any atom is -0.360 e. The number of halogens is 1. The fourth-order valence-corrected chi connectivity index (χ4v) is 2.66. The molecule has 0 aromatic heterocycles. The lowest BCUT2D eigenvalue weighted by atomic mass is 10.1. The molecule has 2 N–H and O–H groups in total. The van der Waals surface area contributed by atoms with Crippen LogP contribution in [0.1, 0.15) is 31.2 Å². The van der Waals surface area contributed by atoms with E-state index in [-0.39, 0.29) is 5.91 Å². The molecule has 1 aromatic rings. The van der Waals surface area contributed by atoms with Gasteiger partial charge in [-0.1, -0.05) is 36.6 Å². The molecule has 1 aliphatic carbocycles. The van der Waals surface area contributed by atoms with E-state index in [2.05, 4.69) is 10.6 Å². The molecule has 1 aromatic carbocycles. The molecule has 0 atom stereocenters. The van der Waals surface area contributed by atoms with Crippen LogP contribution >= 0.6 is 23.8 Å². The van der Waals surface area contributed by atoms with E-state index < -0.39 is 0 Å². The Labute approximate surface area is 123 Å². The zero-order valence-electron chi connectivity index (χ0n) is 10.6. The highest BCUT2D eigenvalue weighted by atomic mass is 35.5. The molecule has 2 rings (SSSR count). The maximum absolute atomic E-state index is 11.8. The quantitative estimate of drug-likeness (QED) is 0.843. The van der Waals surface area contributed by atoms with Crippen molar-refractivity contribution in [2.24, 2.45) is 0 Å². The van der Waals surface area contributed by atoms with Crippen molar-refractivity contribution in [3.63, 3.8) is 0 Å². The average Bonchev–Trinajstić information content (AvgIpc) is 2.84. The van der Waals surface area contributed by atoms with Crippen LogP contribution in [0.5, 0.6) is 0 Å². The largest absolute Gasteiger partial charge is 0.360 e. The minimum atomic E-state index is -0.0992. The van der Waals surface area contributed by atoms with Gasteiger partial charge in [0.2, 0.25) is 5.91 Å². The third-order valence-electron chi connectivity index (χ3n) is 3.22. The standard InChI is InChI=1S/C14H17ClN2OS/c15-11-7-5-10(6-8-11)9-13(18)17-14(19)16-12-3-1-2-4-12/h5-8,12H,1-4,9H2,(H2,16,17,18,19). The summed E-state index contributed by atoms with van der Waals surface area (Å²) >= 11 is 10.9. The van der Waals surface area contributed by atoms with Crippen LogP contribution < -0.4 is 10.6 Å². The molecule has 102 valence electrons. The van der Waals surface area contributed by atoms with Crippen LogP contribution in [0.3, 0.4) is 0 Å². The van der Waals surface area contributed by atoms with E-state index in [1.165, 1.54) is 12.8 Å². The highest BCUT2D eigenvalue weighted by molar-refractivity contribution is 7.80. The van der Waals surface area contributed by atoms with Gasteiger partial charge >= 0.3 is 0 Å². The molecule has 19 heavy (non-hydrogen) atoms. The number of carbonyl (C=O) groups excluding carboxylic acids is 1. The van der Waals surface area contributed by atoms with Crippen molar-refractivity contribution < 1.29 is 4.79 Å². The SMILES string of the molecule is O=C(Cc1ccc(Cl)cc1)NC(=S)NC1CCCC1. The summed E-state index contributed by atoms with van der Waals surface area (Å²) in [5.41, 5.74) is 0.922. The van der Waals surface area contributed by atoms with Crippen molar-refractivity contribution in [2.75, 3.05) is 0 Å². The highest BCUT2D eigenvalue weighted by Crippen LogP contribution is 2.17. The zero-order valence-corrected chi connectivity index (χ0v) is 12.2. The Bertz CT molecular complexity index is 455. The molecular weight excluding hydrogens is 280 g/mol. The minimum absolute atomic E-state index is 0.0992. The summed E-state index contributed by atoms with van der Waals surface area (Å²) in [6.07, 6.45) is 5.04. The van der Waals surface area contributed by atoms with Crippen molar-refractivity contribution in [1.29, 1.82) is 0 Å². The van der Waals surface area contributed by atoms with Gasteiger partial charge in [0, 0.05) is 11.1 Å². The maximum atomic E-state index is 11.8. The van der Waals surface area contributed by atoms with Gasteiger partial charge in [-0.2, -0.15) is 0 Å². The first-order valence-corrected chi connectivity index (χ1v) is 7.27. The molecule has 1 amide bonds. The topological polar surface area (TPSA) is 41.1 Å². The summed E-state index contributed by atoms with van der Waals surface area (Å²) in [5, 5.41) is 7.01. The summed E-state index contributed by atoms with van der Waals surface area (Å²) in [6, 6.07) is 7.66. The first-order valence-electron chi connectivity index (χ1n) is 6.48. The number of carbonyl (C=O) groups is 1. The van der Waals surface area contributed by atoms with E-state index in [0.717, 1.165) is 18.4 Å². The summed E-state index contributed by atoms with van der Waals surface area (Å²) in [6.45, 7) is 0. The molecule has 0 aliphatic heterocycles. The number of nitrogens with one attached hydrogen (secondary N) is 2. The molecule has 0 radical (unpaired) electrons. The molecule has 1 saturated carbocycles. The van der Waals surface area contributed by atoms with E-state index in [0.29, 0.717) is 22.6 Å². The van der Waals surface area contributed by atoms with Crippen molar-refractivity contribution in [3.8, 4) is 0 Å². The lowest BCUT2D eigenvalue weighted by molar-refractivity contribution is -0.119. The Morgan fingerprint density at radius 1 is 1.26 bits per heavy atom. The monoisotopic (exact) mass is 296 g/mol. The molecule has 0 saturated heterocycles. The van der Waals surface area contributed by atoms with Gasteiger partial charge in [-0.25, -0.2) is 0 Å². The van der Waals surface area contributed by atoms with Gasteiger partial charge < -0.3 is 10.6 Å². The third kappa shape index (κ3) is 4.80. The van der Waals surface area contributed by atoms with Gasteiger partial charge in [0.15, 0.2) is 5.11 Å². The smallest absolute Gasteiger partial charge is 0.230 e. The lowest BCUT2D eigenvalue weighted by Gasteiger charge is -2.14. The van der Waals surface area contributed by atoms with E-state index >= 15 is 0 Å². The number of benzene rings is 1. The van der Waals surface area contributed by atoms with Crippen LogP contribution in [0, 0.1) is 0 Å².